The molecule has 3 aromatic rings. The predicted molar refractivity (Wildman–Crippen MR) is 102 cm³/mol. The number of para-hydroxylation sites is 1. The van der Waals surface area contributed by atoms with E-state index in [1.54, 1.807) is 18.5 Å². The Morgan fingerprint density at radius 2 is 1.67 bits per heavy atom. The largest absolute Gasteiger partial charge is 0.369 e. The molecule has 0 atom stereocenters. The van der Waals surface area contributed by atoms with Gasteiger partial charge in [-0.05, 0) is 24.3 Å². The fourth-order valence-corrected chi connectivity index (χ4v) is 3.22. The quantitative estimate of drug-likeness (QED) is 0.511. The molecule has 0 amide bonds. The van der Waals surface area contributed by atoms with Crippen molar-refractivity contribution < 1.29 is 4.92 Å². The molecule has 8 nitrogen and oxygen atoms in total. The van der Waals surface area contributed by atoms with E-state index in [0.717, 1.165) is 31.7 Å². The van der Waals surface area contributed by atoms with E-state index in [1.165, 1.54) is 17.8 Å². The van der Waals surface area contributed by atoms with Crippen LogP contribution in [0.1, 0.15) is 0 Å². The third-order valence-electron chi connectivity index (χ3n) is 4.71. The van der Waals surface area contributed by atoms with Crippen LogP contribution in [0.4, 0.5) is 11.4 Å². The summed E-state index contributed by atoms with van der Waals surface area (Å²) in [5, 5.41) is 15.3. The zero-order chi connectivity index (χ0) is 18.6. The first-order chi connectivity index (χ1) is 13.2. The Morgan fingerprint density at radius 3 is 2.33 bits per heavy atom. The van der Waals surface area contributed by atoms with Gasteiger partial charge in [0.05, 0.1) is 11.6 Å². The molecule has 1 aromatic heterocycles. The Labute approximate surface area is 156 Å². The SMILES string of the molecule is O=[N+]([O-])c1ccc(-c2ncn(CN3CCN(c4ccccc4)CC3)n2)cc1. The lowest BCUT2D eigenvalue weighted by Crippen LogP contribution is -2.46. The van der Waals surface area contributed by atoms with Crippen molar-refractivity contribution in [2.75, 3.05) is 31.1 Å². The number of anilines is 1. The second-order valence-corrected chi connectivity index (χ2v) is 6.49. The summed E-state index contributed by atoms with van der Waals surface area (Å²) >= 11 is 0. The van der Waals surface area contributed by atoms with Gasteiger partial charge in [0.1, 0.15) is 6.33 Å². The van der Waals surface area contributed by atoms with Crippen LogP contribution in [0.15, 0.2) is 60.9 Å². The van der Waals surface area contributed by atoms with Crippen molar-refractivity contribution in [1.29, 1.82) is 0 Å². The van der Waals surface area contributed by atoms with Crippen molar-refractivity contribution in [1.82, 2.24) is 19.7 Å². The molecule has 8 heteroatoms. The first kappa shape index (κ1) is 17.2. The minimum Gasteiger partial charge on any atom is -0.369 e. The summed E-state index contributed by atoms with van der Waals surface area (Å²) in [5.74, 6) is 0.577. The third kappa shape index (κ3) is 3.95. The maximum Gasteiger partial charge on any atom is 0.269 e. The summed E-state index contributed by atoms with van der Waals surface area (Å²) in [6, 6.07) is 16.7. The Hall–Kier alpha value is -3.26. The molecule has 4 rings (SSSR count). The van der Waals surface area contributed by atoms with Crippen LogP contribution >= 0.6 is 0 Å². The molecule has 0 radical (unpaired) electrons. The van der Waals surface area contributed by atoms with Crippen LogP contribution in [0.3, 0.4) is 0 Å². The van der Waals surface area contributed by atoms with Gasteiger partial charge in [0.2, 0.25) is 0 Å². The lowest BCUT2D eigenvalue weighted by molar-refractivity contribution is -0.384. The number of hydrogen-bond donors (Lipinski definition) is 0. The van der Waals surface area contributed by atoms with Gasteiger partial charge in [-0.2, -0.15) is 0 Å². The summed E-state index contributed by atoms with van der Waals surface area (Å²) in [5.41, 5.74) is 2.10. The van der Waals surface area contributed by atoms with Gasteiger partial charge >= 0.3 is 0 Å². The van der Waals surface area contributed by atoms with Gasteiger partial charge in [-0.15, -0.1) is 5.10 Å². The molecule has 1 aliphatic rings. The van der Waals surface area contributed by atoms with Crippen molar-refractivity contribution in [3.05, 3.63) is 71.0 Å². The first-order valence-electron chi connectivity index (χ1n) is 8.86. The molecular weight excluding hydrogens is 344 g/mol. The van der Waals surface area contributed by atoms with E-state index in [2.05, 4.69) is 44.1 Å². The fraction of sp³-hybridized carbons (Fsp3) is 0.263. The summed E-state index contributed by atoms with van der Waals surface area (Å²) < 4.78 is 1.81. The van der Waals surface area contributed by atoms with Crippen molar-refractivity contribution in [2.24, 2.45) is 0 Å². The zero-order valence-corrected chi connectivity index (χ0v) is 14.8. The van der Waals surface area contributed by atoms with Gasteiger partial charge in [-0.3, -0.25) is 15.0 Å². The topological polar surface area (TPSA) is 80.3 Å². The van der Waals surface area contributed by atoms with Gasteiger partial charge in [-0.1, -0.05) is 18.2 Å². The normalized spacial score (nSPS) is 15.0. The van der Waals surface area contributed by atoms with Gasteiger partial charge in [0.15, 0.2) is 5.82 Å². The fourth-order valence-electron chi connectivity index (χ4n) is 3.22. The molecule has 0 spiro atoms. The third-order valence-corrected chi connectivity index (χ3v) is 4.71. The molecule has 0 N–H and O–H groups in total. The molecule has 1 saturated heterocycles. The van der Waals surface area contributed by atoms with Crippen LogP contribution in [0.2, 0.25) is 0 Å². The maximum absolute atomic E-state index is 10.7. The van der Waals surface area contributed by atoms with E-state index < -0.39 is 4.92 Å². The summed E-state index contributed by atoms with van der Waals surface area (Å²) in [6.07, 6.45) is 1.71. The molecule has 0 unspecified atom stereocenters. The van der Waals surface area contributed by atoms with E-state index in [9.17, 15) is 10.1 Å². The molecule has 2 aromatic carbocycles. The van der Waals surface area contributed by atoms with Crippen LogP contribution in [0.25, 0.3) is 11.4 Å². The highest BCUT2D eigenvalue weighted by molar-refractivity contribution is 5.56. The summed E-state index contributed by atoms with van der Waals surface area (Å²) in [4.78, 5) is 19.4. The van der Waals surface area contributed by atoms with E-state index >= 15 is 0 Å². The number of hydrogen-bond acceptors (Lipinski definition) is 6. The molecule has 1 fully saturated rings. The Morgan fingerprint density at radius 1 is 0.963 bits per heavy atom. The summed E-state index contributed by atoms with van der Waals surface area (Å²) in [7, 11) is 0. The number of rotatable bonds is 5. The number of nitrogens with zero attached hydrogens (tertiary/aromatic N) is 6. The van der Waals surface area contributed by atoms with Crippen LogP contribution in [-0.4, -0.2) is 50.8 Å². The van der Waals surface area contributed by atoms with Crippen molar-refractivity contribution >= 4 is 11.4 Å². The monoisotopic (exact) mass is 364 g/mol. The number of benzene rings is 2. The van der Waals surface area contributed by atoms with Crippen LogP contribution < -0.4 is 4.90 Å². The van der Waals surface area contributed by atoms with Crippen molar-refractivity contribution in [2.45, 2.75) is 6.67 Å². The number of non-ortho nitro benzene ring substituents is 1. The molecule has 0 bridgehead atoms. The number of nitro groups is 1. The highest BCUT2D eigenvalue weighted by Crippen LogP contribution is 2.19. The molecule has 138 valence electrons. The Bertz CT molecular complexity index is 901. The highest BCUT2D eigenvalue weighted by Gasteiger charge is 2.18. The van der Waals surface area contributed by atoms with Gasteiger partial charge in [-0.25, -0.2) is 9.67 Å². The average molecular weight is 364 g/mol. The molecule has 27 heavy (non-hydrogen) atoms. The van der Waals surface area contributed by atoms with Crippen LogP contribution in [0.5, 0.6) is 0 Å². The Balaban J connectivity index is 1.35. The Kier molecular flexibility index (Phi) is 4.80. The van der Waals surface area contributed by atoms with Crippen LogP contribution in [-0.2, 0) is 6.67 Å². The maximum atomic E-state index is 10.7. The highest BCUT2D eigenvalue weighted by atomic mass is 16.6. The number of aromatic nitrogens is 3. The number of piperazine rings is 1. The van der Waals surface area contributed by atoms with E-state index in [0.29, 0.717) is 12.5 Å². The zero-order valence-electron chi connectivity index (χ0n) is 14.8. The standard InChI is InChI=1S/C19H20N6O2/c26-25(27)18-8-6-16(7-9-18)19-20-14-24(21-19)15-22-10-12-23(13-11-22)17-4-2-1-3-5-17/h1-9,14H,10-13,15H2. The molecule has 1 aliphatic heterocycles. The minimum absolute atomic E-state index is 0.0643. The van der Waals surface area contributed by atoms with Crippen molar-refractivity contribution in [3.8, 4) is 11.4 Å². The molecule has 2 heterocycles. The predicted octanol–water partition coefficient (Wildman–Crippen LogP) is 2.63. The van der Waals surface area contributed by atoms with E-state index in [4.69, 9.17) is 0 Å². The lowest BCUT2D eigenvalue weighted by Gasteiger charge is -2.35. The molecule has 0 aliphatic carbocycles. The smallest absolute Gasteiger partial charge is 0.269 e. The van der Waals surface area contributed by atoms with Gasteiger partial charge < -0.3 is 4.90 Å². The second kappa shape index (κ2) is 7.55. The average Bonchev–Trinajstić information content (AvgIpc) is 3.18. The molecular formula is C19H20N6O2. The molecule has 0 saturated carbocycles. The van der Waals surface area contributed by atoms with Gasteiger partial charge in [0.25, 0.3) is 5.69 Å². The summed E-state index contributed by atoms with van der Waals surface area (Å²) in [6.45, 7) is 4.56. The van der Waals surface area contributed by atoms with E-state index in [-0.39, 0.29) is 5.69 Å². The second-order valence-electron chi connectivity index (χ2n) is 6.49. The number of nitro benzene ring substituents is 1. The van der Waals surface area contributed by atoms with Crippen molar-refractivity contribution in [3.63, 3.8) is 0 Å². The lowest BCUT2D eigenvalue weighted by atomic mass is 10.2. The minimum atomic E-state index is -0.412. The first-order valence-corrected chi connectivity index (χ1v) is 8.86. The van der Waals surface area contributed by atoms with E-state index in [1.807, 2.05) is 10.7 Å². The van der Waals surface area contributed by atoms with Gasteiger partial charge in [0, 0.05) is 49.6 Å². The van der Waals surface area contributed by atoms with Crippen LogP contribution in [0, 0.1) is 10.1 Å².